The number of hydrogen-bond acceptors (Lipinski definition) is 6. The number of ether oxygens (including phenoxy) is 1. The van der Waals surface area contributed by atoms with E-state index >= 15 is 0 Å². The molecule has 0 radical (unpaired) electrons. The molecule has 0 aliphatic heterocycles. The third kappa shape index (κ3) is 3.68. The van der Waals surface area contributed by atoms with Crippen molar-refractivity contribution in [2.24, 2.45) is 0 Å². The van der Waals surface area contributed by atoms with Crippen molar-refractivity contribution in [1.29, 1.82) is 0 Å². The van der Waals surface area contributed by atoms with E-state index in [1.807, 2.05) is 32.0 Å². The van der Waals surface area contributed by atoms with Gasteiger partial charge < -0.3 is 9.64 Å². The average molecular weight is 393 g/mol. The van der Waals surface area contributed by atoms with E-state index in [4.69, 9.17) is 4.74 Å². The predicted octanol–water partition coefficient (Wildman–Crippen LogP) is 3.79. The number of hydrogen-bond donors (Lipinski definition) is 0. The summed E-state index contributed by atoms with van der Waals surface area (Å²) in [5.74, 6) is 0. The molecule has 0 amide bonds. The second-order valence-electron chi connectivity index (χ2n) is 7.02. The van der Waals surface area contributed by atoms with Crippen molar-refractivity contribution in [1.82, 2.24) is 14.5 Å². The number of rotatable bonds is 7. The third-order valence-electron chi connectivity index (χ3n) is 4.93. The molecule has 0 N–H and O–H groups in total. The predicted molar refractivity (Wildman–Crippen MR) is 109 cm³/mol. The number of thiophene rings is 1. The molecule has 0 bridgehead atoms. The minimum atomic E-state index is -1.04. The van der Waals surface area contributed by atoms with Crippen LogP contribution in [-0.2, 0) is 4.74 Å². The summed E-state index contributed by atoms with van der Waals surface area (Å²) in [7, 11) is 5.43. The Balaban J connectivity index is 1.99. The van der Waals surface area contributed by atoms with Crippen LogP contribution in [0.1, 0.15) is 32.7 Å². The van der Waals surface area contributed by atoms with E-state index in [1.165, 1.54) is 25.4 Å². The highest BCUT2D eigenvalue weighted by Gasteiger charge is 2.20. The van der Waals surface area contributed by atoms with Gasteiger partial charge in [-0.05, 0) is 32.8 Å². The molecule has 0 spiro atoms. The van der Waals surface area contributed by atoms with Gasteiger partial charge in [-0.2, -0.15) is 0 Å². The topological polar surface area (TPSA) is 60.2 Å². The van der Waals surface area contributed by atoms with Crippen molar-refractivity contribution in [2.75, 3.05) is 26.1 Å². The van der Waals surface area contributed by atoms with E-state index < -0.39 is 12.3 Å². The minimum Gasteiger partial charge on any atom is -0.378 e. The number of fused-ring (bicyclic) bond motifs is 3. The second-order valence-corrected chi connectivity index (χ2v) is 8.02. The summed E-state index contributed by atoms with van der Waals surface area (Å²) in [6, 6.07) is 1.82. The molecule has 8 heteroatoms. The van der Waals surface area contributed by atoms with Gasteiger partial charge in [-0.15, -0.1) is 11.3 Å². The van der Waals surface area contributed by atoms with Gasteiger partial charge in [0.25, 0.3) is 5.56 Å². The minimum absolute atomic E-state index is 0.0810. The standard InChI is InChI=1S/C19H25FN4O2S/c1-11(6-7-14(26-5)12(2)20)24-10-22-16-15-13(23(3)4)8-9-21-18(15)27-17(16)19(24)25/h8-12,14H,6-7H2,1-5H3. The van der Waals surface area contributed by atoms with Crippen LogP contribution in [0.2, 0.25) is 0 Å². The Hall–Kier alpha value is -2.06. The van der Waals surface area contributed by atoms with Crippen LogP contribution in [0.3, 0.4) is 0 Å². The highest BCUT2D eigenvalue weighted by Crippen LogP contribution is 2.35. The summed E-state index contributed by atoms with van der Waals surface area (Å²) in [4.78, 5) is 24.8. The number of methoxy groups -OCH3 is 1. The largest absolute Gasteiger partial charge is 0.378 e. The Bertz CT molecular complexity index is 998. The Morgan fingerprint density at radius 2 is 2.04 bits per heavy atom. The van der Waals surface area contributed by atoms with Gasteiger partial charge in [-0.3, -0.25) is 9.36 Å². The lowest BCUT2D eigenvalue weighted by Crippen LogP contribution is -2.26. The first-order valence-corrected chi connectivity index (χ1v) is 9.79. The second kappa shape index (κ2) is 7.90. The average Bonchev–Trinajstić information content (AvgIpc) is 3.01. The van der Waals surface area contributed by atoms with Gasteiger partial charge in [-0.25, -0.2) is 14.4 Å². The van der Waals surface area contributed by atoms with Gasteiger partial charge >= 0.3 is 0 Å². The van der Waals surface area contributed by atoms with E-state index in [9.17, 15) is 9.18 Å². The zero-order valence-electron chi connectivity index (χ0n) is 16.3. The van der Waals surface area contributed by atoms with E-state index in [-0.39, 0.29) is 11.6 Å². The summed E-state index contributed by atoms with van der Waals surface area (Å²) in [6.45, 7) is 3.44. The Kier molecular flexibility index (Phi) is 5.76. The lowest BCUT2D eigenvalue weighted by molar-refractivity contribution is 0.0303. The third-order valence-corrected chi connectivity index (χ3v) is 6.00. The van der Waals surface area contributed by atoms with E-state index in [0.29, 0.717) is 23.1 Å². The van der Waals surface area contributed by atoms with E-state index in [2.05, 4.69) is 9.97 Å². The molecule has 0 saturated carbocycles. The van der Waals surface area contributed by atoms with E-state index in [1.54, 1.807) is 17.1 Å². The van der Waals surface area contributed by atoms with Crippen LogP contribution in [0.25, 0.3) is 20.4 Å². The van der Waals surface area contributed by atoms with Crippen LogP contribution >= 0.6 is 11.3 Å². The highest BCUT2D eigenvalue weighted by molar-refractivity contribution is 7.25. The number of alkyl halides is 1. The van der Waals surface area contributed by atoms with Crippen LogP contribution < -0.4 is 10.5 Å². The maximum atomic E-state index is 13.5. The summed E-state index contributed by atoms with van der Waals surface area (Å²) >= 11 is 1.37. The summed E-state index contributed by atoms with van der Waals surface area (Å²) in [5.41, 5.74) is 1.60. The lowest BCUT2D eigenvalue weighted by atomic mass is 10.1. The van der Waals surface area contributed by atoms with Crippen LogP contribution in [0.4, 0.5) is 10.1 Å². The smallest absolute Gasteiger partial charge is 0.271 e. The molecule has 0 aromatic carbocycles. The molecule has 27 heavy (non-hydrogen) atoms. The molecule has 3 atom stereocenters. The molecule has 3 aromatic heterocycles. The number of aromatic nitrogens is 3. The monoisotopic (exact) mass is 392 g/mol. The van der Waals surface area contributed by atoms with Gasteiger partial charge in [-0.1, -0.05) is 0 Å². The van der Waals surface area contributed by atoms with Crippen LogP contribution in [0, 0.1) is 0 Å². The van der Waals surface area contributed by atoms with Gasteiger partial charge in [0.2, 0.25) is 0 Å². The molecular weight excluding hydrogens is 367 g/mol. The molecule has 146 valence electrons. The van der Waals surface area contributed by atoms with Gasteiger partial charge in [0.05, 0.1) is 29.0 Å². The Morgan fingerprint density at radius 3 is 2.67 bits per heavy atom. The molecular formula is C19H25FN4O2S. The van der Waals surface area contributed by atoms with Gasteiger partial charge in [0, 0.05) is 33.4 Å². The fourth-order valence-corrected chi connectivity index (χ4v) is 4.37. The molecule has 3 aromatic rings. The summed E-state index contributed by atoms with van der Waals surface area (Å²) < 4.78 is 20.9. The number of pyridine rings is 1. The van der Waals surface area contributed by atoms with Gasteiger partial charge in [0.15, 0.2) is 0 Å². The van der Waals surface area contributed by atoms with Crippen LogP contribution in [-0.4, -0.2) is 48.0 Å². The molecule has 0 aliphatic rings. The van der Waals surface area contributed by atoms with Crippen LogP contribution in [0.15, 0.2) is 23.4 Å². The first kappa shape index (κ1) is 19.7. The number of nitrogens with zero attached hydrogens (tertiary/aromatic N) is 4. The van der Waals surface area contributed by atoms with E-state index in [0.717, 1.165) is 15.9 Å². The zero-order valence-corrected chi connectivity index (χ0v) is 17.1. The molecule has 3 rings (SSSR count). The van der Waals surface area contributed by atoms with Crippen molar-refractivity contribution in [3.8, 4) is 0 Å². The number of anilines is 1. The summed E-state index contributed by atoms with van der Waals surface area (Å²) in [6.07, 6.45) is 3.00. The lowest BCUT2D eigenvalue weighted by Gasteiger charge is -2.20. The maximum absolute atomic E-state index is 13.5. The first-order chi connectivity index (χ1) is 12.8. The molecule has 3 heterocycles. The summed E-state index contributed by atoms with van der Waals surface area (Å²) in [5, 5.41) is 0.908. The van der Waals surface area contributed by atoms with Crippen LogP contribution in [0.5, 0.6) is 0 Å². The Morgan fingerprint density at radius 1 is 1.30 bits per heavy atom. The normalized spacial score (nSPS) is 15.2. The SMILES string of the molecule is COC(CCC(C)n1cnc2c(sc3nccc(N(C)C)c32)c1=O)C(C)F. The van der Waals surface area contributed by atoms with Crippen molar-refractivity contribution in [3.05, 3.63) is 28.9 Å². The highest BCUT2D eigenvalue weighted by atomic mass is 32.1. The molecule has 0 fully saturated rings. The fraction of sp³-hybridized carbons (Fsp3) is 0.526. The van der Waals surface area contributed by atoms with Crippen molar-refractivity contribution in [3.63, 3.8) is 0 Å². The number of halogens is 1. The molecule has 0 saturated heterocycles. The molecule has 6 nitrogen and oxygen atoms in total. The van der Waals surface area contributed by atoms with Crippen molar-refractivity contribution < 1.29 is 9.13 Å². The van der Waals surface area contributed by atoms with Crippen molar-refractivity contribution in [2.45, 2.75) is 45.0 Å². The zero-order chi connectivity index (χ0) is 19.7. The first-order valence-electron chi connectivity index (χ1n) is 8.97. The Labute approximate surface area is 161 Å². The fourth-order valence-electron chi connectivity index (χ4n) is 3.32. The van der Waals surface area contributed by atoms with Crippen molar-refractivity contribution >= 4 is 37.5 Å². The van der Waals surface area contributed by atoms with Gasteiger partial charge in [0.1, 0.15) is 15.7 Å². The molecule has 3 unspecified atom stereocenters. The maximum Gasteiger partial charge on any atom is 0.271 e. The molecule has 0 aliphatic carbocycles. The quantitative estimate of drug-likeness (QED) is 0.612.